The molecule has 2 N–H and O–H groups in total. The van der Waals surface area contributed by atoms with Gasteiger partial charge in [0.15, 0.2) is 5.78 Å². The molecule has 2 atom stereocenters. The number of carbonyl (C=O) groups is 3. The molecule has 2 aromatic carbocycles. The van der Waals surface area contributed by atoms with Gasteiger partial charge in [-0.3, -0.25) is 14.4 Å². The van der Waals surface area contributed by atoms with Gasteiger partial charge < -0.3 is 10.6 Å². The Balaban J connectivity index is 2.18. The fourth-order valence-electron chi connectivity index (χ4n) is 2.48. The van der Waals surface area contributed by atoms with Gasteiger partial charge in [-0.1, -0.05) is 55.5 Å². The summed E-state index contributed by atoms with van der Waals surface area (Å²) in [5, 5.41) is 5.54. The maximum atomic E-state index is 12.8. The molecule has 26 heavy (non-hydrogen) atoms. The predicted octanol–water partition coefficient (Wildman–Crippen LogP) is 3.43. The number of Topliss-reactive ketones (excluding diaryl/α,β-unsaturated/α-hetero) is 1. The Hall–Kier alpha value is -2.95. The highest BCUT2D eigenvalue weighted by Gasteiger charge is 2.30. The first-order chi connectivity index (χ1) is 12.5. The fourth-order valence-corrected chi connectivity index (χ4v) is 2.48. The average molecular weight is 352 g/mol. The molecule has 0 radical (unpaired) electrons. The lowest BCUT2D eigenvalue weighted by molar-refractivity contribution is -0.126. The predicted molar refractivity (Wildman–Crippen MR) is 102 cm³/mol. The van der Waals surface area contributed by atoms with Crippen LogP contribution in [0.1, 0.15) is 37.0 Å². The highest BCUT2D eigenvalue weighted by molar-refractivity contribution is 6.15. The summed E-state index contributed by atoms with van der Waals surface area (Å²) in [6.07, 6.45) is 0.593. The normalized spacial score (nSPS) is 12.7. The summed E-state index contributed by atoms with van der Waals surface area (Å²) in [5.41, 5.74) is 1.00. The van der Waals surface area contributed by atoms with Crippen LogP contribution in [0.15, 0.2) is 60.7 Å². The Morgan fingerprint density at radius 1 is 0.923 bits per heavy atom. The molecule has 2 aromatic rings. The number of rotatable bonds is 8. The zero-order chi connectivity index (χ0) is 18.9. The van der Waals surface area contributed by atoms with Crippen LogP contribution in [0.4, 0.5) is 5.69 Å². The zero-order valence-electron chi connectivity index (χ0n) is 15.1. The van der Waals surface area contributed by atoms with Gasteiger partial charge in [0.25, 0.3) is 0 Å². The van der Waals surface area contributed by atoms with Crippen molar-refractivity contribution in [1.82, 2.24) is 5.32 Å². The Labute approximate surface area is 153 Å². The van der Waals surface area contributed by atoms with E-state index in [9.17, 15) is 14.4 Å². The second-order valence-corrected chi connectivity index (χ2v) is 6.22. The van der Waals surface area contributed by atoms with Crippen LogP contribution in [-0.2, 0) is 9.59 Å². The number of amides is 2. The summed E-state index contributed by atoms with van der Waals surface area (Å²) in [4.78, 5) is 37.8. The lowest BCUT2D eigenvalue weighted by Crippen LogP contribution is -2.38. The summed E-state index contributed by atoms with van der Waals surface area (Å²) in [6, 6.07) is 17.5. The van der Waals surface area contributed by atoms with Crippen molar-refractivity contribution in [3.05, 3.63) is 66.2 Å². The van der Waals surface area contributed by atoms with E-state index in [-0.39, 0.29) is 24.2 Å². The molecule has 5 nitrogen and oxygen atoms in total. The van der Waals surface area contributed by atoms with Gasteiger partial charge in [0.05, 0.1) is 0 Å². The molecular weight excluding hydrogens is 328 g/mol. The van der Waals surface area contributed by atoms with Gasteiger partial charge in [0.1, 0.15) is 5.92 Å². The van der Waals surface area contributed by atoms with Crippen LogP contribution in [0.5, 0.6) is 0 Å². The summed E-state index contributed by atoms with van der Waals surface area (Å²) in [6.45, 7) is 3.84. The summed E-state index contributed by atoms with van der Waals surface area (Å²) < 4.78 is 0. The average Bonchev–Trinajstić information content (AvgIpc) is 2.66. The van der Waals surface area contributed by atoms with Crippen molar-refractivity contribution < 1.29 is 14.4 Å². The second kappa shape index (κ2) is 9.51. The van der Waals surface area contributed by atoms with Crippen molar-refractivity contribution in [3.63, 3.8) is 0 Å². The smallest absolute Gasteiger partial charge is 0.235 e. The Morgan fingerprint density at radius 2 is 1.50 bits per heavy atom. The molecule has 0 aliphatic rings. The topological polar surface area (TPSA) is 75.3 Å². The number of nitrogens with one attached hydrogen (secondary N) is 2. The molecule has 0 aliphatic heterocycles. The Bertz CT molecular complexity index is 744. The molecule has 0 unspecified atom stereocenters. The largest absolute Gasteiger partial charge is 0.354 e. The number of hydrogen-bond donors (Lipinski definition) is 2. The van der Waals surface area contributed by atoms with E-state index in [1.54, 1.807) is 54.6 Å². The molecular formula is C21H24N2O3. The van der Waals surface area contributed by atoms with E-state index in [0.29, 0.717) is 11.3 Å². The van der Waals surface area contributed by atoms with Gasteiger partial charge in [0.2, 0.25) is 11.8 Å². The molecule has 0 aliphatic carbocycles. The molecule has 0 spiro atoms. The van der Waals surface area contributed by atoms with Crippen molar-refractivity contribution in [3.8, 4) is 0 Å². The van der Waals surface area contributed by atoms with Crippen LogP contribution in [0.3, 0.4) is 0 Å². The van der Waals surface area contributed by atoms with Gasteiger partial charge in [-0.2, -0.15) is 0 Å². The lowest BCUT2D eigenvalue weighted by Gasteiger charge is -2.18. The molecule has 0 saturated carbocycles. The molecule has 0 bridgehead atoms. The van der Waals surface area contributed by atoms with Gasteiger partial charge in [0, 0.05) is 23.7 Å². The number of benzene rings is 2. The Morgan fingerprint density at radius 3 is 2.08 bits per heavy atom. The third-order valence-corrected chi connectivity index (χ3v) is 4.14. The highest BCUT2D eigenvalue weighted by Crippen LogP contribution is 2.16. The van der Waals surface area contributed by atoms with Crippen LogP contribution < -0.4 is 10.6 Å². The van der Waals surface area contributed by atoms with Crippen molar-refractivity contribution >= 4 is 23.3 Å². The maximum absolute atomic E-state index is 12.8. The monoisotopic (exact) mass is 352 g/mol. The minimum absolute atomic E-state index is 0.00726. The first-order valence-corrected chi connectivity index (χ1v) is 8.75. The molecule has 0 fully saturated rings. The number of ketones is 1. The van der Waals surface area contributed by atoms with Gasteiger partial charge in [-0.05, 0) is 25.5 Å². The molecule has 136 valence electrons. The number of carbonyl (C=O) groups excluding carboxylic acids is 3. The van der Waals surface area contributed by atoms with E-state index >= 15 is 0 Å². The SMILES string of the molecule is CC[C@H](C)NC(=O)C[C@H](C(=O)Nc1ccccc1)C(=O)c1ccccc1. The minimum atomic E-state index is -1.08. The van der Waals surface area contributed by atoms with Crippen LogP contribution in [-0.4, -0.2) is 23.6 Å². The van der Waals surface area contributed by atoms with E-state index < -0.39 is 11.8 Å². The van der Waals surface area contributed by atoms with E-state index in [1.807, 2.05) is 19.9 Å². The van der Waals surface area contributed by atoms with E-state index in [2.05, 4.69) is 10.6 Å². The summed E-state index contributed by atoms with van der Waals surface area (Å²) in [5.74, 6) is -2.24. The van der Waals surface area contributed by atoms with E-state index in [0.717, 1.165) is 6.42 Å². The van der Waals surface area contributed by atoms with Crippen molar-refractivity contribution in [2.24, 2.45) is 5.92 Å². The minimum Gasteiger partial charge on any atom is -0.354 e. The Kier molecular flexibility index (Phi) is 7.09. The highest BCUT2D eigenvalue weighted by atomic mass is 16.2. The van der Waals surface area contributed by atoms with E-state index in [1.165, 1.54) is 0 Å². The van der Waals surface area contributed by atoms with Crippen molar-refractivity contribution in [2.75, 3.05) is 5.32 Å². The van der Waals surface area contributed by atoms with Crippen LogP contribution in [0, 0.1) is 5.92 Å². The summed E-state index contributed by atoms with van der Waals surface area (Å²) >= 11 is 0. The number of para-hydroxylation sites is 1. The van der Waals surface area contributed by atoms with Crippen LogP contribution in [0.25, 0.3) is 0 Å². The summed E-state index contributed by atoms with van der Waals surface area (Å²) in [7, 11) is 0. The van der Waals surface area contributed by atoms with Crippen LogP contribution >= 0.6 is 0 Å². The van der Waals surface area contributed by atoms with Gasteiger partial charge in [-0.25, -0.2) is 0 Å². The number of anilines is 1. The van der Waals surface area contributed by atoms with Crippen molar-refractivity contribution in [1.29, 1.82) is 0 Å². The number of hydrogen-bond acceptors (Lipinski definition) is 3. The van der Waals surface area contributed by atoms with E-state index in [4.69, 9.17) is 0 Å². The first-order valence-electron chi connectivity index (χ1n) is 8.75. The molecule has 2 amide bonds. The third kappa shape index (κ3) is 5.55. The zero-order valence-corrected chi connectivity index (χ0v) is 15.1. The first kappa shape index (κ1) is 19.4. The standard InChI is InChI=1S/C21H24N2O3/c1-3-15(2)22-19(24)14-18(20(25)16-10-6-4-7-11-16)21(26)23-17-12-8-5-9-13-17/h4-13,15,18H,3,14H2,1-2H3,(H,22,24)(H,23,26)/t15-,18-/m0/s1. The molecule has 0 saturated heterocycles. The molecule has 0 aromatic heterocycles. The molecule has 5 heteroatoms. The third-order valence-electron chi connectivity index (χ3n) is 4.14. The van der Waals surface area contributed by atoms with Gasteiger partial charge in [-0.15, -0.1) is 0 Å². The second-order valence-electron chi connectivity index (χ2n) is 6.22. The van der Waals surface area contributed by atoms with Crippen molar-refractivity contribution in [2.45, 2.75) is 32.7 Å². The van der Waals surface area contributed by atoms with Gasteiger partial charge >= 0.3 is 0 Å². The van der Waals surface area contributed by atoms with Crippen LogP contribution in [0.2, 0.25) is 0 Å². The maximum Gasteiger partial charge on any atom is 0.235 e. The molecule has 2 rings (SSSR count). The molecule has 0 heterocycles. The lowest BCUT2D eigenvalue weighted by atomic mass is 9.93. The quantitative estimate of drug-likeness (QED) is 0.564. The fraction of sp³-hybridized carbons (Fsp3) is 0.286.